The third-order valence-corrected chi connectivity index (χ3v) is 9.57. The minimum Gasteiger partial charge on any atom is -0.348 e. The first-order chi connectivity index (χ1) is 19.8. The Morgan fingerprint density at radius 2 is 1.44 bits per heavy atom. The summed E-state index contributed by atoms with van der Waals surface area (Å²) in [6.07, 6.45) is 7.18. The molecule has 0 unspecified atom stereocenters. The van der Waals surface area contributed by atoms with Crippen molar-refractivity contribution in [3.63, 3.8) is 0 Å². The van der Waals surface area contributed by atoms with E-state index in [4.69, 9.17) is 14.2 Å². The van der Waals surface area contributed by atoms with E-state index in [9.17, 15) is 13.2 Å². The molecule has 3 fully saturated rings. The number of rotatable bonds is 10. The van der Waals surface area contributed by atoms with Gasteiger partial charge in [0.1, 0.15) is 11.6 Å². The van der Waals surface area contributed by atoms with E-state index < -0.39 is 24.3 Å². The van der Waals surface area contributed by atoms with Crippen LogP contribution in [-0.4, -0.2) is 19.3 Å². The van der Waals surface area contributed by atoms with Gasteiger partial charge in [0.05, 0.1) is 24.9 Å². The third-order valence-electron chi connectivity index (χ3n) is 9.57. The lowest BCUT2D eigenvalue weighted by Crippen LogP contribution is -2.32. The molecule has 1 saturated heterocycles. The quantitative estimate of drug-likeness (QED) is 0.208. The van der Waals surface area contributed by atoms with Crippen LogP contribution >= 0.6 is 0 Å². The van der Waals surface area contributed by atoms with Gasteiger partial charge in [0.2, 0.25) is 0 Å². The van der Waals surface area contributed by atoms with Crippen LogP contribution in [0.25, 0.3) is 0 Å². The first kappa shape index (κ1) is 30.5. The van der Waals surface area contributed by atoms with Crippen LogP contribution in [0.3, 0.4) is 0 Å². The van der Waals surface area contributed by atoms with Crippen LogP contribution in [0.4, 0.5) is 17.6 Å². The van der Waals surface area contributed by atoms with E-state index >= 15 is 4.39 Å². The monoisotopic (exact) mass is 576 g/mol. The molecule has 0 N–H and O–H groups in total. The fraction of sp³-hybridized carbons (Fsp3) is 0.647. The molecule has 0 amide bonds. The molecule has 226 valence electrons. The Morgan fingerprint density at radius 3 is 2.05 bits per heavy atom. The van der Waals surface area contributed by atoms with Crippen LogP contribution in [0.5, 0.6) is 0 Å². The van der Waals surface area contributed by atoms with Gasteiger partial charge < -0.3 is 14.2 Å². The number of unbranched alkanes of at least 4 members (excludes halogenated alkanes) is 2. The summed E-state index contributed by atoms with van der Waals surface area (Å²) in [5.74, 6) is 0.931. The Kier molecular flexibility index (Phi) is 10.4. The summed E-state index contributed by atoms with van der Waals surface area (Å²) in [5, 5.41) is 0. The maximum atomic E-state index is 15.2. The highest BCUT2D eigenvalue weighted by atomic mass is 19.3. The maximum absolute atomic E-state index is 15.2. The fourth-order valence-electron chi connectivity index (χ4n) is 7.11. The summed E-state index contributed by atoms with van der Waals surface area (Å²) in [4.78, 5) is 0. The van der Waals surface area contributed by atoms with E-state index in [1.807, 2.05) is 12.1 Å². The van der Waals surface area contributed by atoms with Crippen LogP contribution in [0, 0.1) is 29.4 Å². The summed E-state index contributed by atoms with van der Waals surface area (Å²) in [6.45, 7) is 3.52. The van der Waals surface area contributed by atoms with E-state index in [0.29, 0.717) is 43.8 Å². The molecular weight excluding hydrogens is 532 g/mol. The molecule has 0 bridgehead atoms. The van der Waals surface area contributed by atoms with Gasteiger partial charge in [-0.3, -0.25) is 0 Å². The van der Waals surface area contributed by atoms with Gasteiger partial charge in [0.15, 0.2) is 6.29 Å². The second-order valence-corrected chi connectivity index (χ2v) is 12.4. The van der Waals surface area contributed by atoms with Crippen LogP contribution < -0.4 is 0 Å². The van der Waals surface area contributed by atoms with Crippen molar-refractivity contribution in [1.29, 1.82) is 0 Å². The van der Waals surface area contributed by atoms with Gasteiger partial charge in [-0.15, -0.1) is 0 Å². The van der Waals surface area contributed by atoms with E-state index in [1.54, 1.807) is 6.07 Å². The van der Waals surface area contributed by atoms with Crippen molar-refractivity contribution in [1.82, 2.24) is 0 Å². The Hall–Kier alpha value is -1.96. The minimum atomic E-state index is -3.42. The van der Waals surface area contributed by atoms with E-state index in [1.165, 1.54) is 19.3 Å². The average molecular weight is 577 g/mol. The minimum absolute atomic E-state index is 0.178. The lowest BCUT2D eigenvalue weighted by atomic mass is 9.69. The largest absolute Gasteiger partial charge is 0.383 e. The van der Waals surface area contributed by atoms with Gasteiger partial charge in [0.25, 0.3) is 0 Å². The van der Waals surface area contributed by atoms with Gasteiger partial charge in [-0.1, -0.05) is 38.3 Å². The maximum Gasteiger partial charge on any atom is 0.383 e. The van der Waals surface area contributed by atoms with Gasteiger partial charge in [-0.2, -0.15) is 8.78 Å². The SMILES string of the molecule is CCCCCC1COC(c2ccc(C3CCC(C4CCC(OC(F)(F)c5ccc(F)cc5)CC4)CC3)c(F)c2)OC1. The zero-order valence-corrected chi connectivity index (χ0v) is 24.1. The topological polar surface area (TPSA) is 27.7 Å². The highest BCUT2D eigenvalue weighted by molar-refractivity contribution is 5.28. The van der Waals surface area contributed by atoms with Gasteiger partial charge >= 0.3 is 6.11 Å². The molecular formula is C34H44F4O3. The Balaban J connectivity index is 1.06. The molecule has 2 saturated carbocycles. The number of benzene rings is 2. The molecule has 3 aliphatic rings. The molecule has 41 heavy (non-hydrogen) atoms. The Bertz CT molecular complexity index is 1080. The molecule has 2 aliphatic carbocycles. The van der Waals surface area contributed by atoms with Crippen molar-refractivity contribution >= 4 is 0 Å². The Morgan fingerprint density at radius 1 is 0.805 bits per heavy atom. The van der Waals surface area contributed by atoms with Gasteiger partial charge in [0, 0.05) is 11.5 Å². The van der Waals surface area contributed by atoms with Gasteiger partial charge in [-0.25, -0.2) is 8.78 Å². The van der Waals surface area contributed by atoms with Crippen molar-refractivity contribution in [2.24, 2.45) is 17.8 Å². The number of ether oxygens (including phenoxy) is 3. The molecule has 0 spiro atoms. The number of hydrogen-bond donors (Lipinski definition) is 0. The summed E-state index contributed by atoms with van der Waals surface area (Å²) < 4.78 is 74.6. The predicted octanol–water partition coefficient (Wildman–Crippen LogP) is 9.81. The van der Waals surface area contributed by atoms with Crippen LogP contribution in [0.2, 0.25) is 0 Å². The van der Waals surface area contributed by atoms with E-state index in [0.717, 1.165) is 80.3 Å². The normalized spacial score (nSPS) is 29.4. The van der Waals surface area contributed by atoms with E-state index in [2.05, 4.69) is 6.92 Å². The summed E-state index contributed by atoms with van der Waals surface area (Å²) in [6, 6.07) is 9.69. The number of hydrogen-bond acceptors (Lipinski definition) is 3. The highest BCUT2D eigenvalue weighted by Crippen LogP contribution is 2.45. The standard InChI is InChI=1S/C34H44F4O3/c1-2-3-4-5-23-21-39-33(40-22-23)27-12-19-31(32(36)20-27)26-8-6-24(7-9-26)25-10-17-30(18-11-25)41-34(37,38)28-13-15-29(35)16-14-28/h12-16,19-20,23-26,30,33H,2-11,17-18,21-22H2,1H3. The van der Waals surface area contributed by atoms with E-state index in [-0.39, 0.29) is 17.3 Å². The first-order valence-electron chi connectivity index (χ1n) is 15.7. The lowest BCUT2D eigenvalue weighted by molar-refractivity contribution is -0.278. The first-order valence-corrected chi connectivity index (χ1v) is 15.7. The zero-order chi connectivity index (χ0) is 28.8. The predicted molar refractivity (Wildman–Crippen MR) is 151 cm³/mol. The summed E-state index contributed by atoms with van der Waals surface area (Å²) in [5.41, 5.74) is 1.21. The van der Waals surface area contributed by atoms with Crippen molar-refractivity contribution in [3.8, 4) is 0 Å². The highest BCUT2D eigenvalue weighted by Gasteiger charge is 2.39. The van der Waals surface area contributed by atoms with Crippen LogP contribution in [0.15, 0.2) is 42.5 Å². The molecule has 3 nitrogen and oxygen atoms in total. The molecule has 7 heteroatoms. The third kappa shape index (κ3) is 7.91. The van der Waals surface area contributed by atoms with Crippen molar-refractivity contribution < 1.29 is 31.8 Å². The fourth-order valence-corrected chi connectivity index (χ4v) is 7.11. The Labute approximate surface area is 242 Å². The molecule has 2 aromatic carbocycles. The number of alkyl halides is 2. The molecule has 0 atom stereocenters. The molecule has 1 aliphatic heterocycles. The molecule has 1 heterocycles. The summed E-state index contributed by atoms with van der Waals surface area (Å²) >= 11 is 0. The van der Waals surface area contributed by atoms with Gasteiger partial charge in [-0.05, 0) is 111 Å². The molecule has 0 aromatic heterocycles. The summed E-state index contributed by atoms with van der Waals surface area (Å²) in [7, 11) is 0. The van der Waals surface area contributed by atoms with Crippen LogP contribution in [-0.2, 0) is 20.3 Å². The molecule has 0 radical (unpaired) electrons. The molecule has 5 rings (SSSR count). The second kappa shape index (κ2) is 14.0. The van der Waals surface area contributed by atoms with Crippen molar-refractivity contribution in [2.75, 3.05) is 13.2 Å². The smallest absolute Gasteiger partial charge is 0.348 e. The lowest BCUT2D eigenvalue weighted by Gasteiger charge is -2.38. The molecule has 2 aromatic rings. The average Bonchev–Trinajstić information content (AvgIpc) is 2.98. The zero-order valence-electron chi connectivity index (χ0n) is 24.1. The van der Waals surface area contributed by atoms with Crippen molar-refractivity contribution in [2.45, 2.75) is 108 Å². The van der Waals surface area contributed by atoms with Crippen molar-refractivity contribution in [3.05, 3.63) is 70.8 Å². The van der Waals surface area contributed by atoms with Crippen LogP contribution in [0.1, 0.15) is 113 Å². The number of halogens is 4. The second-order valence-electron chi connectivity index (χ2n) is 12.4.